The Kier molecular flexibility index (Phi) is 5.07. The number of carboxylic acid groups (broad SMARTS) is 1. The number of aliphatic carboxylic acids is 1. The maximum atomic E-state index is 12.9. The Hall–Kier alpha value is -1.51. The van der Waals surface area contributed by atoms with Crippen molar-refractivity contribution in [1.29, 1.82) is 0 Å². The number of methoxy groups -OCH3 is 1. The zero-order chi connectivity index (χ0) is 17.3. The Bertz CT molecular complexity index is 463. The lowest BCUT2D eigenvalue weighted by molar-refractivity contribution is -0.187. The van der Waals surface area contributed by atoms with E-state index in [1.165, 1.54) is 0 Å². The largest absolute Gasteiger partial charge is 0.481 e. The number of nitrogens with zero attached hydrogens (tertiary/aromatic N) is 1. The predicted molar refractivity (Wildman–Crippen MR) is 73.9 cm³/mol. The number of likely N-dealkylation sites (tertiary alicyclic amines) is 1. The van der Waals surface area contributed by atoms with Gasteiger partial charge in [-0.2, -0.15) is 13.2 Å². The number of halogens is 3. The maximum absolute atomic E-state index is 12.9. The lowest BCUT2D eigenvalue weighted by atomic mass is 9.96. The number of amides is 2. The fourth-order valence-corrected chi connectivity index (χ4v) is 3.37. The number of hydrogen-bond acceptors (Lipinski definition) is 3. The molecular weight excluding hydrogens is 317 g/mol. The topological polar surface area (TPSA) is 78.9 Å². The summed E-state index contributed by atoms with van der Waals surface area (Å²) in [4.78, 5) is 24.0. The highest BCUT2D eigenvalue weighted by atomic mass is 19.4. The summed E-state index contributed by atoms with van der Waals surface area (Å²) in [5.41, 5.74) is -0.467. The average molecular weight is 338 g/mol. The van der Waals surface area contributed by atoms with Gasteiger partial charge in [0.1, 0.15) is 0 Å². The molecule has 2 rings (SSSR count). The number of ether oxygens (including phenoxy) is 1. The molecule has 2 atom stereocenters. The third-order valence-corrected chi connectivity index (χ3v) is 4.85. The monoisotopic (exact) mass is 338 g/mol. The van der Waals surface area contributed by atoms with Gasteiger partial charge in [0.05, 0.1) is 17.4 Å². The summed E-state index contributed by atoms with van der Waals surface area (Å²) in [6, 6.07) is -0.675. The van der Waals surface area contributed by atoms with E-state index in [1.807, 2.05) is 0 Å². The SMILES string of the molecule is COC1(CNC(=O)N2C[C@@H](C(F)(F)F)[C@H](C(=O)O)C2)CCCC1. The second-order valence-electron chi connectivity index (χ2n) is 6.25. The summed E-state index contributed by atoms with van der Waals surface area (Å²) in [5.74, 6) is -5.19. The fraction of sp³-hybridized carbons (Fsp3) is 0.857. The highest BCUT2D eigenvalue weighted by Gasteiger charge is 2.53. The Labute approximate surface area is 132 Å². The van der Waals surface area contributed by atoms with Gasteiger partial charge in [-0.05, 0) is 12.8 Å². The molecule has 23 heavy (non-hydrogen) atoms. The number of carboxylic acids is 1. The summed E-state index contributed by atoms with van der Waals surface area (Å²) in [7, 11) is 1.55. The second kappa shape index (κ2) is 6.54. The van der Waals surface area contributed by atoms with Crippen LogP contribution in [0.4, 0.5) is 18.0 Å². The van der Waals surface area contributed by atoms with E-state index >= 15 is 0 Å². The average Bonchev–Trinajstić information content (AvgIpc) is 3.12. The van der Waals surface area contributed by atoms with E-state index < -0.39 is 48.7 Å². The third kappa shape index (κ3) is 3.88. The van der Waals surface area contributed by atoms with Gasteiger partial charge in [0.2, 0.25) is 0 Å². The molecule has 0 bridgehead atoms. The number of nitrogens with one attached hydrogen (secondary N) is 1. The van der Waals surface area contributed by atoms with Gasteiger partial charge in [0.15, 0.2) is 0 Å². The summed E-state index contributed by atoms with van der Waals surface area (Å²) < 4.78 is 44.2. The number of rotatable bonds is 4. The van der Waals surface area contributed by atoms with Crippen molar-refractivity contribution in [2.75, 3.05) is 26.7 Å². The zero-order valence-electron chi connectivity index (χ0n) is 12.9. The molecule has 2 N–H and O–H groups in total. The van der Waals surface area contributed by atoms with Gasteiger partial charge in [0.25, 0.3) is 0 Å². The van der Waals surface area contributed by atoms with E-state index in [4.69, 9.17) is 9.84 Å². The summed E-state index contributed by atoms with van der Waals surface area (Å²) in [5, 5.41) is 11.5. The molecule has 1 saturated carbocycles. The quantitative estimate of drug-likeness (QED) is 0.820. The van der Waals surface area contributed by atoms with Crippen molar-refractivity contribution in [3.8, 4) is 0 Å². The van der Waals surface area contributed by atoms with E-state index in [0.29, 0.717) is 0 Å². The van der Waals surface area contributed by atoms with Crippen LogP contribution in [0.25, 0.3) is 0 Å². The van der Waals surface area contributed by atoms with Gasteiger partial charge in [0, 0.05) is 26.7 Å². The standard InChI is InChI=1S/C14H21F3N2O4/c1-23-13(4-2-3-5-13)8-18-12(22)19-6-9(11(20)21)10(7-19)14(15,16)17/h9-10H,2-8H2,1H3,(H,18,22)(H,20,21)/t9-,10-/m1/s1. The van der Waals surface area contributed by atoms with Crippen molar-refractivity contribution in [1.82, 2.24) is 10.2 Å². The van der Waals surface area contributed by atoms with Crippen LogP contribution in [0.2, 0.25) is 0 Å². The van der Waals surface area contributed by atoms with Gasteiger partial charge in [-0.1, -0.05) is 12.8 Å². The molecule has 2 aliphatic rings. The van der Waals surface area contributed by atoms with E-state index in [0.717, 1.165) is 30.6 Å². The van der Waals surface area contributed by atoms with Crippen LogP contribution in [0.15, 0.2) is 0 Å². The van der Waals surface area contributed by atoms with Crippen LogP contribution < -0.4 is 5.32 Å². The molecule has 9 heteroatoms. The predicted octanol–water partition coefficient (Wildman–Crippen LogP) is 1.85. The highest BCUT2D eigenvalue weighted by Crippen LogP contribution is 2.38. The van der Waals surface area contributed by atoms with Gasteiger partial charge in [-0.15, -0.1) is 0 Å². The number of alkyl halides is 3. The lowest BCUT2D eigenvalue weighted by Crippen LogP contribution is -2.47. The van der Waals surface area contributed by atoms with Crippen LogP contribution in [-0.4, -0.2) is 60.5 Å². The van der Waals surface area contributed by atoms with Gasteiger partial charge in [-0.3, -0.25) is 4.79 Å². The first-order chi connectivity index (χ1) is 10.7. The van der Waals surface area contributed by atoms with Crippen LogP contribution in [0.5, 0.6) is 0 Å². The first-order valence-corrected chi connectivity index (χ1v) is 7.56. The minimum Gasteiger partial charge on any atom is -0.481 e. The van der Waals surface area contributed by atoms with Crippen LogP contribution >= 0.6 is 0 Å². The molecule has 0 aromatic carbocycles. The summed E-state index contributed by atoms with van der Waals surface area (Å²) in [6.45, 7) is -0.856. The van der Waals surface area contributed by atoms with Crippen molar-refractivity contribution in [3.05, 3.63) is 0 Å². The van der Waals surface area contributed by atoms with E-state index in [-0.39, 0.29) is 6.54 Å². The zero-order valence-corrected chi connectivity index (χ0v) is 12.9. The molecule has 2 fully saturated rings. The molecule has 2 amide bonds. The third-order valence-electron chi connectivity index (χ3n) is 4.85. The Morgan fingerprint density at radius 3 is 2.35 bits per heavy atom. The first-order valence-electron chi connectivity index (χ1n) is 7.56. The molecule has 1 heterocycles. The summed E-state index contributed by atoms with van der Waals surface area (Å²) >= 11 is 0. The maximum Gasteiger partial charge on any atom is 0.394 e. The molecule has 0 unspecified atom stereocenters. The van der Waals surface area contributed by atoms with Crippen molar-refractivity contribution in [2.24, 2.45) is 11.8 Å². The van der Waals surface area contributed by atoms with E-state index in [1.54, 1.807) is 7.11 Å². The second-order valence-corrected chi connectivity index (χ2v) is 6.25. The number of carbonyl (C=O) groups excluding carboxylic acids is 1. The van der Waals surface area contributed by atoms with Gasteiger partial charge >= 0.3 is 18.2 Å². The molecule has 0 radical (unpaired) electrons. The van der Waals surface area contributed by atoms with Crippen molar-refractivity contribution in [3.63, 3.8) is 0 Å². The number of carbonyl (C=O) groups is 2. The van der Waals surface area contributed by atoms with Crippen LogP contribution in [0.1, 0.15) is 25.7 Å². The van der Waals surface area contributed by atoms with Crippen LogP contribution in [0, 0.1) is 11.8 Å². The molecule has 1 aliphatic heterocycles. The molecule has 6 nitrogen and oxygen atoms in total. The minimum atomic E-state index is -4.64. The molecule has 0 spiro atoms. The molecule has 1 aliphatic carbocycles. The number of hydrogen-bond donors (Lipinski definition) is 2. The molecule has 132 valence electrons. The summed E-state index contributed by atoms with van der Waals surface area (Å²) in [6.07, 6.45) is -1.12. The van der Waals surface area contributed by atoms with Gasteiger partial charge in [-0.25, -0.2) is 4.79 Å². The number of urea groups is 1. The van der Waals surface area contributed by atoms with E-state index in [2.05, 4.69) is 5.32 Å². The molecule has 0 aromatic heterocycles. The molecule has 0 aromatic rings. The minimum absolute atomic E-state index is 0.216. The van der Waals surface area contributed by atoms with Crippen molar-refractivity contribution < 1.29 is 32.6 Å². The molecular formula is C14H21F3N2O4. The van der Waals surface area contributed by atoms with Gasteiger partial charge < -0.3 is 20.1 Å². The first kappa shape index (κ1) is 17.8. The Morgan fingerprint density at radius 2 is 1.91 bits per heavy atom. The molecule has 1 saturated heterocycles. The van der Waals surface area contributed by atoms with Crippen LogP contribution in [0.3, 0.4) is 0 Å². The normalized spacial score (nSPS) is 27.2. The lowest BCUT2D eigenvalue weighted by Gasteiger charge is -2.29. The van der Waals surface area contributed by atoms with E-state index in [9.17, 15) is 22.8 Å². The van der Waals surface area contributed by atoms with Crippen molar-refractivity contribution in [2.45, 2.75) is 37.5 Å². The smallest absolute Gasteiger partial charge is 0.394 e. The van der Waals surface area contributed by atoms with Crippen molar-refractivity contribution >= 4 is 12.0 Å². The van der Waals surface area contributed by atoms with Crippen LogP contribution in [-0.2, 0) is 9.53 Å². The highest BCUT2D eigenvalue weighted by molar-refractivity contribution is 5.77. The Morgan fingerprint density at radius 1 is 1.30 bits per heavy atom. The fourth-order valence-electron chi connectivity index (χ4n) is 3.37. The Balaban J connectivity index is 1.96.